The fourth-order valence-corrected chi connectivity index (χ4v) is 5.98. The number of benzene rings is 3. The summed E-state index contributed by atoms with van der Waals surface area (Å²) in [7, 11) is -3.67. The van der Waals surface area contributed by atoms with Gasteiger partial charge in [-0.3, -0.25) is 9.36 Å². The van der Waals surface area contributed by atoms with Gasteiger partial charge < -0.3 is 5.32 Å². The average Bonchev–Trinajstić information content (AvgIpc) is 3.51. The van der Waals surface area contributed by atoms with Crippen LogP contribution in [-0.4, -0.2) is 55.4 Å². The summed E-state index contributed by atoms with van der Waals surface area (Å²) < 4.78 is 31.1. The first-order valence-electron chi connectivity index (χ1n) is 12.0. The van der Waals surface area contributed by atoms with E-state index in [1.54, 1.807) is 37.6 Å². The minimum Gasteiger partial charge on any atom is -0.325 e. The number of rotatable bonds is 8. The Morgan fingerprint density at radius 3 is 2.31 bits per heavy atom. The molecule has 200 valence electrons. The maximum atomic E-state index is 12.8. The molecule has 0 fully saturated rings. The number of carbonyl (C=O) groups is 1. The third-order valence-corrected chi connectivity index (χ3v) is 8.10. The Labute approximate surface area is 229 Å². The summed E-state index contributed by atoms with van der Waals surface area (Å²) in [6, 6.07) is 23.1. The molecule has 5 aromatic rings. The third kappa shape index (κ3) is 6.00. The Morgan fingerprint density at radius 2 is 1.59 bits per heavy atom. The van der Waals surface area contributed by atoms with Crippen molar-refractivity contribution >= 4 is 44.4 Å². The maximum Gasteiger partial charge on any atom is 0.259 e. The number of aromatic nitrogens is 6. The largest absolute Gasteiger partial charge is 0.325 e. The van der Waals surface area contributed by atoms with E-state index >= 15 is 0 Å². The number of hydrogen-bond donors (Lipinski definition) is 2. The summed E-state index contributed by atoms with van der Waals surface area (Å²) >= 11 is 1.22. The number of fused-ring (bicyclic) bond motifs is 1. The minimum absolute atomic E-state index is 0.0503. The Balaban J connectivity index is 1.33. The molecule has 0 bridgehead atoms. The van der Waals surface area contributed by atoms with Crippen molar-refractivity contribution in [2.45, 2.75) is 36.4 Å². The lowest BCUT2D eigenvalue weighted by molar-refractivity contribution is -0.113. The van der Waals surface area contributed by atoms with Gasteiger partial charge in [-0.05, 0) is 69.3 Å². The lowest BCUT2D eigenvalue weighted by Gasteiger charge is -2.20. The molecule has 0 spiro atoms. The van der Waals surface area contributed by atoms with Crippen LogP contribution in [0.1, 0.15) is 20.8 Å². The summed E-state index contributed by atoms with van der Waals surface area (Å²) in [5.74, 6) is 0.214. The van der Waals surface area contributed by atoms with E-state index in [9.17, 15) is 13.2 Å². The van der Waals surface area contributed by atoms with E-state index in [-0.39, 0.29) is 16.6 Å². The number of para-hydroxylation sites is 2. The molecule has 0 unspecified atom stereocenters. The quantitative estimate of drug-likeness (QED) is 0.273. The molecule has 0 aliphatic carbocycles. The highest BCUT2D eigenvalue weighted by atomic mass is 32.2. The summed E-state index contributed by atoms with van der Waals surface area (Å²) in [5.41, 5.74) is 2.18. The number of anilines is 1. The van der Waals surface area contributed by atoms with E-state index < -0.39 is 15.6 Å². The van der Waals surface area contributed by atoms with Crippen LogP contribution in [0.15, 0.2) is 88.9 Å². The molecule has 39 heavy (non-hydrogen) atoms. The molecule has 13 heteroatoms. The normalized spacial score (nSPS) is 12.1. The van der Waals surface area contributed by atoms with E-state index in [1.807, 2.05) is 59.2 Å². The van der Waals surface area contributed by atoms with Gasteiger partial charge in [-0.1, -0.05) is 47.3 Å². The molecule has 11 nitrogen and oxygen atoms in total. The molecular formula is C26H26N8O3S2. The number of sulfonamides is 1. The van der Waals surface area contributed by atoms with Crippen LogP contribution in [0.3, 0.4) is 0 Å². The zero-order valence-electron chi connectivity index (χ0n) is 21.4. The van der Waals surface area contributed by atoms with Gasteiger partial charge in [0.15, 0.2) is 5.16 Å². The van der Waals surface area contributed by atoms with Crippen molar-refractivity contribution in [2.24, 2.45) is 0 Å². The number of hydrogen-bond acceptors (Lipinski definition) is 8. The summed E-state index contributed by atoms with van der Waals surface area (Å²) in [6.07, 6.45) is 0. The number of thioether (sulfide) groups is 1. The van der Waals surface area contributed by atoms with Gasteiger partial charge in [0.05, 0.1) is 21.9 Å². The molecule has 2 aromatic heterocycles. The number of carbonyl (C=O) groups excluding carboxylic acids is 1. The lowest BCUT2D eigenvalue weighted by Crippen LogP contribution is -2.40. The van der Waals surface area contributed by atoms with Crippen molar-refractivity contribution in [3.63, 3.8) is 0 Å². The van der Waals surface area contributed by atoms with Crippen molar-refractivity contribution in [1.29, 1.82) is 0 Å². The molecule has 0 saturated carbocycles. The van der Waals surface area contributed by atoms with Crippen LogP contribution in [0.4, 0.5) is 5.69 Å². The van der Waals surface area contributed by atoms with Crippen LogP contribution in [0.25, 0.3) is 22.7 Å². The number of nitrogens with one attached hydrogen (secondary N) is 2. The van der Waals surface area contributed by atoms with E-state index in [0.717, 1.165) is 16.7 Å². The second-order valence-corrected chi connectivity index (χ2v) is 12.3. The average molecular weight is 563 g/mol. The van der Waals surface area contributed by atoms with Gasteiger partial charge in [-0.25, -0.2) is 13.1 Å². The second-order valence-electron chi connectivity index (χ2n) is 9.66. The number of amides is 1. The Bertz CT molecular complexity index is 1720. The fraction of sp³-hybridized carbons (Fsp3) is 0.192. The Kier molecular flexibility index (Phi) is 7.21. The van der Waals surface area contributed by atoms with Crippen LogP contribution in [0, 0.1) is 0 Å². The Morgan fingerprint density at radius 1 is 0.897 bits per heavy atom. The molecule has 1 amide bonds. The van der Waals surface area contributed by atoms with Gasteiger partial charge in [0.25, 0.3) is 5.95 Å². The van der Waals surface area contributed by atoms with Crippen molar-refractivity contribution < 1.29 is 13.2 Å². The van der Waals surface area contributed by atoms with E-state index in [1.165, 1.54) is 23.9 Å². The smallest absolute Gasteiger partial charge is 0.259 e. The van der Waals surface area contributed by atoms with E-state index in [2.05, 4.69) is 30.5 Å². The van der Waals surface area contributed by atoms with E-state index in [0.29, 0.717) is 16.8 Å². The molecule has 0 radical (unpaired) electrons. The van der Waals surface area contributed by atoms with Crippen molar-refractivity contribution in [3.05, 3.63) is 78.9 Å². The van der Waals surface area contributed by atoms with Gasteiger partial charge in [0, 0.05) is 11.2 Å². The molecule has 3 aromatic carbocycles. The van der Waals surface area contributed by atoms with Crippen molar-refractivity contribution in [3.8, 4) is 11.6 Å². The monoisotopic (exact) mass is 562 g/mol. The lowest BCUT2D eigenvalue weighted by atomic mass is 10.1. The van der Waals surface area contributed by atoms with Crippen LogP contribution < -0.4 is 10.0 Å². The molecule has 2 heterocycles. The van der Waals surface area contributed by atoms with Crippen molar-refractivity contribution in [2.75, 3.05) is 11.1 Å². The van der Waals surface area contributed by atoms with Crippen molar-refractivity contribution in [1.82, 2.24) is 34.5 Å². The fourth-order valence-electron chi connectivity index (χ4n) is 3.82. The topological polar surface area (TPSA) is 137 Å². The summed E-state index contributed by atoms with van der Waals surface area (Å²) in [6.45, 7) is 5.31. The van der Waals surface area contributed by atoms with Gasteiger partial charge in [-0.2, -0.15) is 4.68 Å². The van der Waals surface area contributed by atoms with Crippen LogP contribution in [0.2, 0.25) is 0 Å². The predicted octanol–water partition coefficient (Wildman–Crippen LogP) is 3.81. The predicted molar refractivity (Wildman–Crippen MR) is 150 cm³/mol. The Hall–Kier alpha value is -4.07. The highest BCUT2D eigenvalue weighted by Gasteiger charge is 2.22. The van der Waals surface area contributed by atoms with Crippen LogP contribution in [-0.2, 0) is 14.8 Å². The summed E-state index contributed by atoms with van der Waals surface area (Å²) in [5, 5.41) is 20.5. The molecule has 2 N–H and O–H groups in total. The van der Waals surface area contributed by atoms with Gasteiger partial charge in [-0.15, -0.1) is 15.3 Å². The molecule has 5 rings (SSSR count). The molecule has 0 saturated heterocycles. The van der Waals surface area contributed by atoms with Crippen LogP contribution in [0.5, 0.6) is 0 Å². The third-order valence-electron chi connectivity index (χ3n) is 5.39. The van der Waals surface area contributed by atoms with Gasteiger partial charge in [0.1, 0.15) is 5.52 Å². The summed E-state index contributed by atoms with van der Waals surface area (Å²) in [4.78, 5) is 12.9. The van der Waals surface area contributed by atoms with Crippen LogP contribution >= 0.6 is 11.8 Å². The molecule has 0 atom stereocenters. The molecular weight excluding hydrogens is 536 g/mol. The molecule has 0 aliphatic heterocycles. The zero-order chi connectivity index (χ0) is 27.6. The van der Waals surface area contributed by atoms with E-state index in [4.69, 9.17) is 0 Å². The second kappa shape index (κ2) is 10.6. The van der Waals surface area contributed by atoms with Gasteiger partial charge in [0.2, 0.25) is 15.9 Å². The highest BCUT2D eigenvalue weighted by Crippen LogP contribution is 2.26. The maximum absolute atomic E-state index is 12.8. The number of nitrogens with zero attached hydrogens (tertiary/aromatic N) is 6. The van der Waals surface area contributed by atoms with Gasteiger partial charge >= 0.3 is 0 Å². The SMILES string of the molecule is CC(C)(C)NS(=O)(=O)c1ccc(NC(=O)CSc2nnc(-n3nnc4ccccc43)n2-c2ccccc2)cc1. The standard InChI is InChI=1S/C26H26N8O3S2/c1-26(2,3)31-39(36,37)20-15-13-18(14-16-20)27-23(35)17-38-25-30-29-24(33(25)19-9-5-4-6-10-19)34-22-12-8-7-11-21(22)28-32-34/h4-16,31H,17H2,1-3H3,(H,27,35). The minimum atomic E-state index is -3.67. The highest BCUT2D eigenvalue weighted by molar-refractivity contribution is 7.99. The first-order valence-corrected chi connectivity index (χ1v) is 14.5. The first-order chi connectivity index (χ1) is 18.6. The first kappa shape index (κ1) is 26.5. The molecule has 0 aliphatic rings. The zero-order valence-corrected chi connectivity index (χ0v) is 23.1.